The van der Waals surface area contributed by atoms with E-state index in [9.17, 15) is 9.59 Å². The number of esters is 1. The van der Waals surface area contributed by atoms with E-state index in [1.165, 1.54) is 19.4 Å². The van der Waals surface area contributed by atoms with Crippen molar-refractivity contribution in [1.29, 1.82) is 0 Å². The Morgan fingerprint density at radius 1 is 1.03 bits per heavy atom. The number of aromatic nitrogens is 1. The first kappa shape index (κ1) is 20.2. The highest BCUT2D eigenvalue weighted by atomic mass is 16.5. The van der Waals surface area contributed by atoms with E-state index >= 15 is 0 Å². The average Bonchev–Trinajstić information content (AvgIpc) is 3.26. The zero-order valence-electron chi connectivity index (χ0n) is 16.9. The number of fused-ring (bicyclic) bond motifs is 1. The highest BCUT2D eigenvalue weighted by molar-refractivity contribution is 5.84. The molecule has 0 N–H and O–H groups in total. The van der Waals surface area contributed by atoms with Crippen molar-refractivity contribution < 1.29 is 27.9 Å². The van der Waals surface area contributed by atoms with Gasteiger partial charge < -0.3 is 23.2 Å². The van der Waals surface area contributed by atoms with Crippen molar-refractivity contribution >= 4 is 16.9 Å². The highest BCUT2D eigenvalue weighted by Gasteiger charge is 2.15. The fourth-order valence-electron chi connectivity index (χ4n) is 3.14. The standard InChI is InChI=1S/C23H19NO7/c1-27-19-6-4-3-5-16(19)18-13-29-20-11-14(7-9-17(20)23(18)26)30-22(25)10-8-15-12-21(28-2)24-31-15/h3-7,9,11-13H,8,10H2,1-2H3. The van der Waals surface area contributed by atoms with E-state index < -0.39 is 5.97 Å². The zero-order chi connectivity index (χ0) is 21.8. The Kier molecular flexibility index (Phi) is 5.70. The van der Waals surface area contributed by atoms with Crippen molar-refractivity contribution in [3.8, 4) is 28.5 Å². The third-order valence-corrected chi connectivity index (χ3v) is 4.70. The molecule has 0 spiro atoms. The molecule has 4 rings (SSSR count). The molecule has 0 radical (unpaired) electrons. The lowest BCUT2D eigenvalue weighted by Crippen LogP contribution is -2.09. The summed E-state index contributed by atoms with van der Waals surface area (Å²) >= 11 is 0. The van der Waals surface area contributed by atoms with Crippen LogP contribution in [0.15, 0.2) is 68.5 Å². The van der Waals surface area contributed by atoms with Gasteiger partial charge in [-0.1, -0.05) is 18.2 Å². The molecular weight excluding hydrogens is 402 g/mol. The lowest BCUT2D eigenvalue weighted by molar-refractivity contribution is -0.134. The average molecular weight is 421 g/mol. The van der Waals surface area contributed by atoms with E-state index in [2.05, 4.69) is 5.16 Å². The summed E-state index contributed by atoms with van der Waals surface area (Å²) < 4.78 is 26.3. The molecule has 2 heterocycles. The maximum atomic E-state index is 13.0. The number of aryl methyl sites for hydroxylation is 1. The van der Waals surface area contributed by atoms with E-state index in [1.807, 2.05) is 12.1 Å². The summed E-state index contributed by atoms with van der Waals surface area (Å²) in [5.41, 5.74) is 1.13. The van der Waals surface area contributed by atoms with Crippen LogP contribution >= 0.6 is 0 Å². The number of benzene rings is 2. The molecule has 0 aliphatic carbocycles. The van der Waals surface area contributed by atoms with Crippen molar-refractivity contribution in [2.75, 3.05) is 14.2 Å². The van der Waals surface area contributed by atoms with Gasteiger partial charge >= 0.3 is 5.97 Å². The van der Waals surface area contributed by atoms with Crippen LogP contribution in [0.5, 0.6) is 17.4 Å². The van der Waals surface area contributed by atoms with Crippen LogP contribution in [0.4, 0.5) is 0 Å². The molecular formula is C23H19NO7. The number of methoxy groups -OCH3 is 2. The molecule has 0 bridgehead atoms. The molecule has 0 amide bonds. The van der Waals surface area contributed by atoms with E-state index in [0.717, 1.165) is 0 Å². The number of carbonyl (C=O) groups is 1. The molecule has 2 aromatic carbocycles. The second kappa shape index (κ2) is 8.74. The summed E-state index contributed by atoms with van der Waals surface area (Å²) in [7, 11) is 3.02. The van der Waals surface area contributed by atoms with Gasteiger partial charge in [-0.2, -0.15) is 0 Å². The summed E-state index contributed by atoms with van der Waals surface area (Å²) in [5.74, 6) is 1.26. The molecule has 8 nitrogen and oxygen atoms in total. The lowest BCUT2D eigenvalue weighted by atomic mass is 10.0. The number of carbonyl (C=O) groups excluding carboxylic acids is 1. The molecule has 31 heavy (non-hydrogen) atoms. The fraction of sp³-hybridized carbons (Fsp3) is 0.174. The number of hydrogen-bond donors (Lipinski definition) is 0. The van der Waals surface area contributed by atoms with E-state index in [-0.39, 0.29) is 17.6 Å². The molecule has 0 aliphatic rings. The first-order valence-corrected chi connectivity index (χ1v) is 9.48. The molecule has 2 aromatic heterocycles. The fourth-order valence-corrected chi connectivity index (χ4v) is 3.14. The Morgan fingerprint density at radius 2 is 1.87 bits per heavy atom. The molecule has 4 aromatic rings. The van der Waals surface area contributed by atoms with Crippen LogP contribution in [0.25, 0.3) is 22.1 Å². The summed E-state index contributed by atoms with van der Waals surface area (Å²) in [4.78, 5) is 25.1. The Hall–Kier alpha value is -4.07. The lowest BCUT2D eigenvalue weighted by Gasteiger charge is -2.09. The smallest absolute Gasteiger partial charge is 0.311 e. The molecule has 0 unspecified atom stereocenters. The topological polar surface area (TPSA) is 101 Å². The van der Waals surface area contributed by atoms with Gasteiger partial charge in [0.15, 0.2) is 0 Å². The highest BCUT2D eigenvalue weighted by Crippen LogP contribution is 2.29. The Balaban J connectivity index is 1.52. The van der Waals surface area contributed by atoms with Crippen molar-refractivity contribution in [3.63, 3.8) is 0 Å². The van der Waals surface area contributed by atoms with E-state index in [0.29, 0.717) is 45.9 Å². The SMILES string of the molecule is COc1cc(CCC(=O)Oc2ccc3c(=O)c(-c4ccccc4OC)coc3c2)on1. The second-order valence-corrected chi connectivity index (χ2v) is 6.65. The zero-order valence-corrected chi connectivity index (χ0v) is 16.9. The summed E-state index contributed by atoms with van der Waals surface area (Å²) in [5, 5.41) is 4.05. The maximum Gasteiger partial charge on any atom is 0.311 e. The molecule has 0 saturated heterocycles. The van der Waals surface area contributed by atoms with Gasteiger partial charge in [0, 0.05) is 24.1 Å². The molecule has 0 atom stereocenters. The molecule has 0 fully saturated rings. The van der Waals surface area contributed by atoms with E-state index in [4.69, 9.17) is 23.2 Å². The van der Waals surface area contributed by atoms with Gasteiger partial charge in [-0.3, -0.25) is 9.59 Å². The van der Waals surface area contributed by atoms with Gasteiger partial charge in [0.2, 0.25) is 5.43 Å². The molecule has 0 aliphatic heterocycles. The van der Waals surface area contributed by atoms with Crippen LogP contribution in [0.2, 0.25) is 0 Å². The normalized spacial score (nSPS) is 10.8. The van der Waals surface area contributed by atoms with Crippen molar-refractivity contribution in [2.24, 2.45) is 0 Å². The van der Waals surface area contributed by atoms with Crippen molar-refractivity contribution in [2.45, 2.75) is 12.8 Å². The Bertz CT molecular complexity index is 1290. The van der Waals surface area contributed by atoms with Crippen molar-refractivity contribution in [3.05, 3.63) is 70.8 Å². The number of hydrogen-bond acceptors (Lipinski definition) is 8. The summed E-state index contributed by atoms with van der Waals surface area (Å²) in [6, 6.07) is 13.5. The van der Waals surface area contributed by atoms with Gasteiger partial charge in [-0.15, -0.1) is 0 Å². The predicted molar refractivity (Wildman–Crippen MR) is 111 cm³/mol. The van der Waals surface area contributed by atoms with Gasteiger partial charge in [0.25, 0.3) is 5.88 Å². The molecule has 158 valence electrons. The second-order valence-electron chi connectivity index (χ2n) is 6.65. The largest absolute Gasteiger partial charge is 0.496 e. The summed E-state index contributed by atoms with van der Waals surface area (Å²) in [6.45, 7) is 0. The van der Waals surface area contributed by atoms with Gasteiger partial charge in [-0.05, 0) is 23.4 Å². The van der Waals surface area contributed by atoms with Gasteiger partial charge in [-0.25, -0.2) is 0 Å². The number of para-hydroxylation sites is 1. The third kappa shape index (κ3) is 4.28. The van der Waals surface area contributed by atoms with Crippen molar-refractivity contribution in [1.82, 2.24) is 5.16 Å². The predicted octanol–water partition coefficient (Wildman–Crippen LogP) is 4.00. The minimum absolute atomic E-state index is 0.0903. The van der Waals surface area contributed by atoms with Crippen LogP contribution in [-0.2, 0) is 11.2 Å². The van der Waals surface area contributed by atoms with Crippen LogP contribution < -0.4 is 19.6 Å². The first-order chi connectivity index (χ1) is 15.1. The third-order valence-electron chi connectivity index (χ3n) is 4.70. The number of ether oxygens (including phenoxy) is 3. The van der Waals surface area contributed by atoms with Crippen LogP contribution in [0.1, 0.15) is 12.2 Å². The van der Waals surface area contributed by atoms with E-state index in [1.54, 1.807) is 37.4 Å². The quantitative estimate of drug-likeness (QED) is 0.326. The minimum Gasteiger partial charge on any atom is -0.496 e. The number of nitrogens with zero attached hydrogens (tertiary/aromatic N) is 1. The van der Waals surface area contributed by atoms with Crippen LogP contribution in [0, 0.1) is 0 Å². The monoisotopic (exact) mass is 421 g/mol. The van der Waals surface area contributed by atoms with Gasteiger partial charge in [0.05, 0.1) is 31.6 Å². The van der Waals surface area contributed by atoms with Crippen LogP contribution in [-0.4, -0.2) is 25.3 Å². The van der Waals surface area contributed by atoms with Gasteiger partial charge in [0.1, 0.15) is 29.1 Å². The Labute approximate surface area is 176 Å². The Morgan fingerprint density at radius 3 is 2.65 bits per heavy atom. The number of rotatable bonds is 7. The first-order valence-electron chi connectivity index (χ1n) is 9.48. The molecule has 0 saturated carbocycles. The maximum absolute atomic E-state index is 13.0. The summed E-state index contributed by atoms with van der Waals surface area (Å²) in [6.07, 6.45) is 1.79. The molecule has 8 heteroatoms. The minimum atomic E-state index is -0.456. The van der Waals surface area contributed by atoms with Crippen LogP contribution in [0.3, 0.4) is 0 Å².